The van der Waals surface area contributed by atoms with Crippen molar-refractivity contribution >= 4 is 21.6 Å². The number of halogens is 2. The summed E-state index contributed by atoms with van der Waals surface area (Å²) in [6.45, 7) is 1.80. The second-order valence-corrected chi connectivity index (χ2v) is 7.24. The highest BCUT2D eigenvalue weighted by molar-refractivity contribution is 7.89. The summed E-state index contributed by atoms with van der Waals surface area (Å²) in [5.74, 6) is -0.641. The molecule has 0 aliphatic rings. The van der Waals surface area contributed by atoms with Gasteiger partial charge in [0.2, 0.25) is 10.0 Å². The lowest BCUT2D eigenvalue weighted by Crippen LogP contribution is -2.33. The zero-order chi connectivity index (χ0) is 16.2. The SMILES string of the molecule is C[C@H](CCc1ccccc1)NS(=O)(=O)c1ccc(F)c(Cl)c1. The first-order chi connectivity index (χ1) is 10.4. The van der Waals surface area contributed by atoms with Gasteiger partial charge in [-0.05, 0) is 43.5 Å². The molecule has 2 rings (SSSR count). The molecule has 0 unspecified atom stereocenters. The molecule has 0 aliphatic heterocycles. The van der Waals surface area contributed by atoms with Gasteiger partial charge in [0.05, 0.1) is 9.92 Å². The molecule has 0 aromatic heterocycles. The second-order valence-electron chi connectivity index (χ2n) is 5.12. The van der Waals surface area contributed by atoms with E-state index in [1.165, 1.54) is 6.07 Å². The predicted molar refractivity (Wildman–Crippen MR) is 86.0 cm³/mol. The van der Waals surface area contributed by atoms with Gasteiger partial charge in [0.25, 0.3) is 0 Å². The molecule has 0 amide bonds. The molecule has 0 heterocycles. The number of benzene rings is 2. The van der Waals surface area contributed by atoms with Gasteiger partial charge in [-0.1, -0.05) is 41.9 Å². The Morgan fingerprint density at radius 3 is 2.50 bits per heavy atom. The summed E-state index contributed by atoms with van der Waals surface area (Å²) in [6.07, 6.45) is 1.44. The summed E-state index contributed by atoms with van der Waals surface area (Å²) in [6, 6.07) is 13.0. The number of nitrogens with one attached hydrogen (secondary N) is 1. The van der Waals surface area contributed by atoms with Crippen LogP contribution >= 0.6 is 11.6 Å². The fourth-order valence-corrected chi connectivity index (χ4v) is 3.61. The molecule has 1 atom stereocenters. The van der Waals surface area contributed by atoms with Crippen LogP contribution < -0.4 is 4.72 Å². The molecule has 0 saturated carbocycles. The van der Waals surface area contributed by atoms with Crippen LogP contribution in [0.25, 0.3) is 0 Å². The highest BCUT2D eigenvalue weighted by atomic mass is 35.5. The van der Waals surface area contributed by atoms with Crippen molar-refractivity contribution in [2.75, 3.05) is 0 Å². The molecule has 3 nitrogen and oxygen atoms in total. The lowest BCUT2D eigenvalue weighted by atomic mass is 10.1. The summed E-state index contributed by atoms with van der Waals surface area (Å²) in [5, 5.41) is -0.209. The third-order valence-corrected chi connectivity index (χ3v) is 5.14. The van der Waals surface area contributed by atoms with Crippen molar-refractivity contribution in [3.8, 4) is 0 Å². The Balaban J connectivity index is 2.00. The van der Waals surface area contributed by atoms with E-state index in [0.29, 0.717) is 6.42 Å². The topological polar surface area (TPSA) is 46.2 Å². The van der Waals surface area contributed by atoms with Crippen molar-refractivity contribution < 1.29 is 12.8 Å². The highest BCUT2D eigenvalue weighted by Crippen LogP contribution is 2.19. The molecule has 0 aliphatic carbocycles. The van der Waals surface area contributed by atoms with Crippen LogP contribution in [0.5, 0.6) is 0 Å². The number of aryl methyl sites for hydroxylation is 1. The third-order valence-electron chi connectivity index (χ3n) is 3.27. The molecule has 22 heavy (non-hydrogen) atoms. The van der Waals surface area contributed by atoms with Gasteiger partial charge >= 0.3 is 0 Å². The average Bonchev–Trinajstić information content (AvgIpc) is 2.48. The van der Waals surface area contributed by atoms with Crippen molar-refractivity contribution in [2.45, 2.75) is 30.7 Å². The first kappa shape index (κ1) is 16.9. The second kappa shape index (κ2) is 7.22. The smallest absolute Gasteiger partial charge is 0.208 e. The van der Waals surface area contributed by atoms with Crippen LogP contribution in [0.2, 0.25) is 5.02 Å². The van der Waals surface area contributed by atoms with Crippen molar-refractivity contribution in [3.05, 3.63) is 64.9 Å². The van der Waals surface area contributed by atoms with Gasteiger partial charge in [0.15, 0.2) is 0 Å². The summed E-state index contributed by atoms with van der Waals surface area (Å²) in [7, 11) is -3.70. The van der Waals surface area contributed by atoms with Crippen LogP contribution in [0.3, 0.4) is 0 Å². The van der Waals surface area contributed by atoms with Gasteiger partial charge in [0, 0.05) is 6.04 Å². The van der Waals surface area contributed by atoms with Gasteiger partial charge in [0.1, 0.15) is 5.82 Å². The summed E-state index contributed by atoms with van der Waals surface area (Å²) >= 11 is 5.63. The molecule has 2 aromatic carbocycles. The van der Waals surface area contributed by atoms with Crippen LogP contribution in [0, 0.1) is 5.82 Å². The molecule has 118 valence electrons. The summed E-state index contributed by atoms with van der Waals surface area (Å²) in [5.41, 5.74) is 1.15. The zero-order valence-electron chi connectivity index (χ0n) is 12.1. The van der Waals surface area contributed by atoms with Crippen molar-refractivity contribution in [1.82, 2.24) is 4.72 Å². The molecule has 0 saturated heterocycles. The van der Waals surface area contributed by atoms with E-state index in [2.05, 4.69) is 4.72 Å². The van der Waals surface area contributed by atoms with Gasteiger partial charge in [-0.2, -0.15) is 0 Å². The molecule has 2 aromatic rings. The highest BCUT2D eigenvalue weighted by Gasteiger charge is 2.18. The predicted octanol–water partition coefficient (Wildman–Crippen LogP) is 3.78. The van der Waals surface area contributed by atoms with E-state index in [9.17, 15) is 12.8 Å². The summed E-state index contributed by atoms with van der Waals surface area (Å²) in [4.78, 5) is -0.0366. The standard InChI is InChI=1S/C16H17ClFNO2S/c1-12(7-8-13-5-3-2-4-6-13)19-22(20,21)14-9-10-16(18)15(17)11-14/h2-6,9-12,19H,7-8H2,1H3/t12-/m1/s1. The van der Waals surface area contributed by atoms with Crippen molar-refractivity contribution in [2.24, 2.45) is 0 Å². The monoisotopic (exact) mass is 341 g/mol. The molecule has 0 fully saturated rings. The Morgan fingerprint density at radius 1 is 1.18 bits per heavy atom. The minimum atomic E-state index is -3.70. The van der Waals surface area contributed by atoms with Crippen molar-refractivity contribution in [3.63, 3.8) is 0 Å². The zero-order valence-corrected chi connectivity index (χ0v) is 13.7. The molecule has 6 heteroatoms. The van der Waals surface area contributed by atoms with E-state index in [4.69, 9.17) is 11.6 Å². The lowest BCUT2D eigenvalue weighted by molar-refractivity contribution is 0.546. The number of sulfonamides is 1. The summed E-state index contributed by atoms with van der Waals surface area (Å²) < 4.78 is 40.1. The number of hydrogen-bond donors (Lipinski definition) is 1. The van der Waals surface area contributed by atoms with Crippen LogP contribution in [-0.4, -0.2) is 14.5 Å². The minimum absolute atomic E-state index is 0.0366. The van der Waals surface area contributed by atoms with E-state index >= 15 is 0 Å². The molecular formula is C16H17ClFNO2S. The van der Waals surface area contributed by atoms with E-state index in [0.717, 1.165) is 24.1 Å². The first-order valence-electron chi connectivity index (χ1n) is 6.90. The Hall–Kier alpha value is -1.43. The maximum absolute atomic E-state index is 13.1. The fraction of sp³-hybridized carbons (Fsp3) is 0.250. The van der Waals surface area contributed by atoms with Crippen LogP contribution in [0.1, 0.15) is 18.9 Å². The van der Waals surface area contributed by atoms with Crippen LogP contribution in [0.15, 0.2) is 53.4 Å². The van der Waals surface area contributed by atoms with E-state index in [1.807, 2.05) is 30.3 Å². The van der Waals surface area contributed by atoms with Crippen molar-refractivity contribution in [1.29, 1.82) is 0 Å². The van der Waals surface area contributed by atoms with Gasteiger partial charge in [-0.3, -0.25) is 0 Å². The Labute approximate surface area is 135 Å². The Kier molecular flexibility index (Phi) is 5.56. The van der Waals surface area contributed by atoms with Crippen LogP contribution in [0.4, 0.5) is 4.39 Å². The van der Waals surface area contributed by atoms with Crippen LogP contribution in [-0.2, 0) is 16.4 Å². The van der Waals surface area contributed by atoms with E-state index < -0.39 is 15.8 Å². The normalized spacial score (nSPS) is 13.0. The molecule has 0 bridgehead atoms. The van der Waals surface area contributed by atoms with E-state index in [-0.39, 0.29) is 16.0 Å². The first-order valence-corrected chi connectivity index (χ1v) is 8.76. The molecular weight excluding hydrogens is 325 g/mol. The molecule has 0 radical (unpaired) electrons. The third kappa shape index (κ3) is 4.53. The largest absolute Gasteiger partial charge is 0.240 e. The molecule has 1 N–H and O–H groups in total. The molecule has 0 spiro atoms. The van der Waals surface area contributed by atoms with Gasteiger partial charge in [-0.15, -0.1) is 0 Å². The fourth-order valence-electron chi connectivity index (χ4n) is 2.06. The number of rotatable bonds is 6. The Morgan fingerprint density at radius 2 is 1.86 bits per heavy atom. The Bertz CT molecular complexity index is 735. The van der Waals surface area contributed by atoms with Gasteiger partial charge < -0.3 is 0 Å². The quantitative estimate of drug-likeness (QED) is 0.869. The minimum Gasteiger partial charge on any atom is -0.208 e. The lowest BCUT2D eigenvalue weighted by Gasteiger charge is -2.14. The maximum atomic E-state index is 13.1. The van der Waals surface area contributed by atoms with Gasteiger partial charge in [-0.25, -0.2) is 17.5 Å². The maximum Gasteiger partial charge on any atom is 0.240 e. The average molecular weight is 342 g/mol. The number of hydrogen-bond acceptors (Lipinski definition) is 2. The van der Waals surface area contributed by atoms with E-state index in [1.54, 1.807) is 6.92 Å².